The largest absolute Gasteiger partial charge is 0.365 e. The summed E-state index contributed by atoms with van der Waals surface area (Å²) in [4.78, 5) is 28.2. The molecular formula is C18H22N3O2S2+. The quantitative estimate of drug-likeness (QED) is 0.696. The number of primary amides is 1. The highest BCUT2D eigenvalue weighted by atomic mass is 32.2. The highest BCUT2D eigenvalue weighted by Gasteiger charge is 2.28. The maximum atomic E-state index is 12.7. The van der Waals surface area contributed by atoms with Gasteiger partial charge in [-0.15, -0.1) is 23.1 Å². The number of carbonyl (C=O) groups excluding carboxylic acids is 2. The molecular weight excluding hydrogens is 354 g/mol. The molecule has 2 aromatic rings. The molecule has 2 heterocycles. The van der Waals surface area contributed by atoms with Crippen LogP contribution >= 0.6 is 23.1 Å². The van der Waals surface area contributed by atoms with Crippen LogP contribution in [-0.2, 0) is 13.0 Å². The molecule has 0 saturated heterocycles. The minimum absolute atomic E-state index is 0.208. The van der Waals surface area contributed by atoms with Crippen molar-refractivity contribution in [2.75, 3.05) is 24.7 Å². The molecule has 4 N–H and O–H groups in total. The van der Waals surface area contributed by atoms with Crippen LogP contribution in [0.2, 0.25) is 0 Å². The monoisotopic (exact) mass is 376 g/mol. The molecule has 0 bridgehead atoms. The van der Waals surface area contributed by atoms with E-state index in [1.54, 1.807) is 17.8 Å². The third kappa shape index (κ3) is 3.89. The third-order valence-electron chi connectivity index (χ3n) is 4.24. The van der Waals surface area contributed by atoms with Crippen molar-refractivity contribution in [3.8, 4) is 0 Å². The lowest BCUT2D eigenvalue weighted by molar-refractivity contribution is -0.895. The number of hydrogen-bond donors (Lipinski definition) is 3. The third-order valence-corrected chi connectivity index (χ3v) is 6.26. The Morgan fingerprint density at radius 1 is 1.40 bits per heavy atom. The molecule has 0 saturated carbocycles. The molecule has 2 amide bonds. The predicted molar refractivity (Wildman–Crippen MR) is 103 cm³/mol. The number of anilines is 1. The highest BCUT2D eigenvalue weighted by Crippen LogP contribution is 2.34. The number of fused-ring (bicyclic) bond motifs is 1. The van der Waals surface area contributed by atoms with Gasteiger partial charge in [-0.25, -0.2) is 0 Å². The van der Waals surface area contributed by atoms with Gasteiger partial charge in [-0.05, 0) is 29.5 Å². The Morgan fingerprint density at radius 3 is 2.92 bits per heavy atom. The molecule has 132 valence electrons. The summed E-state index contributed by atoms with van der Waals surface area (Å²) in [6.45, 7) is 3.90. The summed E-state index contributed by atoms with van der Waals surface area (Å²) in [5.41, 5.74) is 7.68. The average molecular weight is 377 g/mol. The SMILES string of the molecule is CCSc1cccc(C(=O)Nc2sc3c(c2C(N)=O)CC[NH+](C)C3)c1. The van der Waals surface area contributed by atoms with Gasteiger partial charge in [-0.1, -0.05) is 13.0 Å². The van der Waals surface area contributed by atoms with Crippen molar-refractivity contribution in [3.63, 3.8) is 0 Å². The fourth-order valence-corrected chi connectivity index (χ4v) is 5.12. The van der Waals surface area contributed by atoms with Crippen LogP contribution in [0.5, 0.6) is 0 Å². The van der Waals surface area contributed by atoms with E-state index >= 15 is 0 Å². The van der Waals surface area contributed by atoms with Crippen molar-refractivity contribution in [2.45, 2.75) is 24.8 Å². The molecule has 0 aliphatic carbocycles. The van der Waals surface area contributed by atoms with Crippen LogP contribution in [0, 0.1) is 0 Å². The highest BCUT2D eigenvalue weighted by molar-refractivity contribution is 7.99. The van der Waals surface area contributed by atoms with Gasteiger partial charge < -0.3 is 16.0 Å². The number of rotatable bonds is 5. The van der Waals surface area contributed by atoms with Gasteiger partial charge in [-0.2, -0.15) is 0 Å². The van der Waals surface area contributed by atoms with Crippen molar-refractivity contribution < 1.29 is 14.5 Å². The predicted octanol–water partition coefficient (Wildman–Crippen LogP) is 1.78. The zero-order valence-electron chi connectivity index (χ0n) is 14.3. The van der Waals surface area contributed by atoms with Crippen LogP contribution in [0.1, 0.15) is 38.1 Å². The molecule has 0 radical (unpaired) electrons. The second-order valence-electron chi connectivity index (χ2n) is 6.12. The Morgan fingerprint density at radius 2 is 2.20 bits per heavy atom. The summed E-state index contributed by atoms with van der Waals surface area (Å²) in [5.74, 6) is 0.271. The molecule has 3 rings (SSSR count). The van der Waals surface area contributed by atoms with Crippen LogP contribution in [0.25, 0.3) is 0 Å². The first kappa shape index (κ1) is 18.0. The van der Waals surface area contributed by atoms with E-state index in [1.807, 2.05) is 18.2 Å². The number of nitrogens with two attached hydrogens (primary N) is 1. The van der Waals surface area contributed by atoms with E-state index in [0.29, 0.717) is 16.1 Å². The number of amides is 2. The van der Waals surface area contributed by atoms with Gasteiger partial charge in [0, 0.05) is 16.9 Å². The number of carbonyl (C=O) groups is 2. The number of quaternary nitrogens is 1. The lowest BCUT2D eigenvalue weighted by Gasteiger charge is -2.19. The second-order valence-corrected chi connectivity index (χ2v) is 8.56. The first-order chi connectivity index (χ1) is 12.0. The van der Waals surface area contributed by atoms with Gasteiger partial charge in [0.05, 0.1) is 24.0 Å². The van der Waals surface area contributed by atoms with Crippen LogP contribution in [-0.4, -0.2) is 31.2 Å². The van der Waals surface area contributed by atoms with Gasteiger partial charge in [0.25, 0.3) is 11.8 Å². The summed E-state index contributed by atoms with van der Waals surface area (Å²) in [7, 11) is 2.13. The first-order valence-electron chi connectivity index (χ1n) is 8.29. The Kier molecular flexibility index (Phi) is 5.46. The maximum Gasteiger partial charge on any atom is 0.256 e. The van der Waals surface area contributed by atoms with Crippen molar-refractivity contribution in [3.05, 3.63) is 45.8 Å². The standard InChI is InChI=1S/C18H21N3O2S2/c1-3-24-12-6-4-5-11(9-12)17(23)20-18-15(16(19)22)13-7-8-21(2)10-14(13)25-18/h4-6,9H,3,7-8,10H2,1-2H3,(H2,19,22)(H,20,23)/p+1. The number of likely N-dealkylation sites (N-methyl/N-ethyl adjacent to an activating group) is 1. The van der Waals surface area contributed by atoms with Crippen LogP contribution in [0.4, 0.5) is 5.00 Å². The summed E-state index contributed by atoms with van der Waals surface area (Å²) < 4.78 is 0. The molecule has 1 atom stereocenters. The first-order valence-corrected chi connectivity index (χ1v) is 10.1. The van der Waals surface area contributed by atoms with Crippen molar-refractivity contribution in [2.24, 2.45) is 5.73 Å². The fourth-order valence-electron chi connectivity index (χ4n) is 3.04. The minimum Gasteiger partial charge on any atom is -0.365 e. The Labute approximate surface area is 155 Å². The summed E-state index contributed by atoms with van der Waals surface area (Å²) in [6, 6.07) is 7.52. The van der Waals surface area contributed by atoms with E-state index in [0.717, 1.165) is 40.6 Å². The van der Waals surface area contributed by atoms with Crippen molar-refractivity contribution >= 4 is 39.9 Å². The normalized spacial score (nSPS) is 16.3. The van der Waals surface area contributed by atoms with E-state index in [4.69, 9.17) is 5.73 Å². The van der Waals surface area contributed by atoms with Crippen LogP contribution in [0.3, 0.4) is 0 Å². The number of hydrogen-bond acceptors (Lipinski definition) is 4. The average Bonchev–Trinajstić information content (AvgIpc) is 2.92. The second kappa shape index (κ2) is 7.59. The smallest absolute Gasteiger partial charge is 0.256 e. The van der Waals surface area contributed by atoms with Gasteiger partial charge in [0.15, 0.2) is 0 Å². The zero-order valence-corrected chi connectivity index (χ0v) is 16.0. The zero-order chi connectivity index (χ0) is 18.0. The molecule has 1 aromatic heterocycles. The molecule has 0 spiro atoms. The lowest BCUT2D eigenvalue weighted by Crippen LogP contribution is -3.08. The van der Waals surface area contributed by atoms with Gasteiger partial charge in [0.1, 0.15) is 11.5 Å². The molecule has 25 heavy (non-hydrogen) atoms. The van der Waals surface area contributed by atoms with Crippen molar-refractivity contribution in [1.29, 1.82) is 0 Å². The van der Waals surface area contributed by atoms with Crippen LogP contribution < -0.4 is 16.0 Å². The number of benzene rings is 1. The topological polar surface area (TPSA) is 76.6 Å². The summed E-state index contributed by atoms with van der Waals surface area (Å²) in [5, 5.41) is 3.48. The lowest BCUT2D eigenvalue weighted by atomic mass is 10.0. The Bertz CT molecular complexity index is 817. The van der Waals surface area contributed by atoms with E-state index in [9.17, 15) is 9.59 Å². The number of thioether (sulfide) groups is 1. The molecule has 1 aliphatic heterocycles. The summed E-state index contributed by atoms with van der Waals surface area (Å²) >= 11 is 3.16. The minimum atomic E-state index is -0.470. The van der Waals surface area contributed by atoms with Gasteiger partial charge in [-0.3, -0.25) is 9.59 Å². The molecule has 7 heteroatoms. The van der Waals surface area contributed by atoms with E-state index < -0.39 is 5.91 Å². The Hall–Kier alpha value is -1.83. The molecule has 1 unspecified atom stereocenters. The van der Waals surface area contributed by atoms with E-state index in [2.05, 4.69) is 19.3 Å². The molecule has 0 fully saturated rings. The van der Waals surface area contributed by atoms with Gasteiger partial charge >= 0.3 is 0 Å². The van der Waals surface area contributed by atoms with Crippen molar-refractivity contribution in [1.82, 2.24) is 0 Å². The molecule has 5 nitrogen and oxygen atoms in total. The fraction of sp³-hybridized carbons (Fsp3) is 0.333. The number of nitrogens with one attached hydrogen (secondary N) is 2. The summed E-state index contributed by atoms with van der Waals surface area (Å²) in [6.07, 6.45) is 0.814. The van der Waals surface area contributed by atoms with E-state index in [-0.39, 0.29) is 5.91 Å². The Balaban J connectivity index is 1.88. The van der Waals surface area contributed by atoms with Gasteiger partial charge in [0.2, 0.25) is 0 Å². The molecule has 1 aromatic carbocycles. The molecule has 1 aliphatic rings. The van der Waals surface area contributed by atoms with Crippen LogP contribution in [0.15, 0.2) is 29.2 Å². The maximum absolute atomic E-state index is 12.7. The number of thiophene rings is 1. The van der Waals surface area contributed by atoms with E-state index in [1.165, 1.54) is 16.2 Å².